The fourth-order valence-corrected chi connectivity index (χ4v) is 1.61. The van der Waals surface area contributed by atoms with Gasteiger partial charge in [-0.1, -0.05) is 0 Å². The Kier molecular flexibility index (Phi) is 3.01. The first-order valence-corrected chi connectivity index (χ1v) is 5.36. The Labute approximate surface area is 100 Å². The van der Waals surface area contributed by atoms with Crippen LogP contribution in [-0.4, -0.2) is 15.0 Å². The van der Waals surface area contributed by atoms with Crippen molar-refractivity contribution in [2.45, 2.75) is 20.8 Å². The van der Waals surface area contributed by atoms with Crippen molar-refractivity contribution in [2.24, 2.45) is 5.84 Å². The highest BCUT2D eigenvalue weighted by molar-refractivity contribution is 5.62. The second-order valence-electron chi connectivity index (χ2n) is 3.94. The van der Waals surface area contributed by atoms with Crippen LogP contribution in [0.15, 0.2) is 18.5 Å². The summed E-state index contributed by atoms with van der Waals surface area (Å²) in [6, 6.07) is 1.90. The normalized spacial score (nSPS) is 10.4. The lowest BCUT2D eigenvalue weighted by Crippen LogP contribution is -2.12. The van der Waals surface area contributed by atoms with Crippen LogP contribution in [0, 0.1) is 20.8 Å². The number of anilines is 1. The van der Waals surface area contributed by atoms with Crippen molar-refractivity contribution in [3.8, 4) is 11.4 Å². The van der Waals surface area contributed by atoms with Crippen molar-refractivity contribution in [1.29, 1.82) is 0 Å². The van der Waals surface area contributed by atoms with Crippen LogP contribution in [0.3, 0.4) is 0 Å². The highest BCUT2D eigenvalue weighted by Gasteiger charge is 2.10. The lowest BCUT2D eigenvalue weighted by Gasteiger charge is -2.10. The number of nitrogen functional groups attached to an aromatic ring is 1. The molecule has 0 aliphatic rings. The van der Waals surface area contributed by atoms with E-state index < -0.39 is 0 Å². The number of hydrogen-bond donors (Lipinski definition) is 2. The van der Waals surface area contributed by atoms with Crippen molar-refractivity contribution in [3.05, 3.63) is 35.3 Å². The largest absolute Gasteiger partial charge is 0.308 e. The zero-order valence-corrected chi connectivity index (χ0v) is 10.2. The topological polar surface area (TPSA) is 76.7 Å². The van der Waals surface area contributed by atoms with Gasteiger partial charge in [-0.05, 0) is 32.4 Å². The van der Waals surface area contributed by atoms with Gasteiger partial charge in [0.1, 0.15) is 5.82 Å². The molecule has 2 aromatic rings. The van der Waals surface area contributed by atoms with Crippen molar-refractivity contribution in [2.75, 3.05) is 5.43 Å². The summed E-state index contributed by atoms with van der Waals surface area (Å²) >= 11 is 0. The van der Waals surface area contributed by atoms with Gasteiger partial charge in [0.15, 0.2) is 5.82 Å². The highest BCUT2D eigenvalue weighted by atomic mass is 15.3. The van der Waals surface area contributed by atoms with Crippen molar-refractivity contribution < 1.29 is 0 Å². The predicted octanol–water partition coefficient (Wildman–Crippen LogP) is 1.75. The smallest absolute Gasteiger partial charge is 0.162 e. The number of nitrogens with one attached hydrogen (secondary N) is 1. The van der Waals surface area contributed by atoms with E-state index >= 15 is 0 Å². The number of pyridine rings is 1. The summed E-state index contributed by atoms with van der Waals surface area (Å²) in [6.07, 6.45) is 3.53. The van der Waals surface area contributed by atoms with Crippen molar-refractivity contribution >= 4 is 5.82 Å². The first-order valence-electron chi connectivity index (χ1n) is 5.36. The lowest BCUT2D eigenvalue weighted by molar-refractivity contribution is 1.05. The molecule has 17 heavy (non-hydrogen) atoms. The molecule has 0 unspecified atom stereocenters. The van der Waals surface area contributed by atoms with Gasteiger partial charge in [-0.2, -0.15) is 0 Å². The molecule has 5 nitrogen and oxygen atoms in total. The molecule has 0 radical (unpaired) electrons. The number of hydrazine groups is 1. The summed E-state index contributed by atoms with van der Waals surface area (Å²) in [5.41, 5.74) is 6.49. The van der Waals surface area contributed by atoms with E-state index in [1.54, 1.807) is 12.4 Å². The van der Waals surface area contributed by atoms with Crippen LogP contribution in [0.25, 0.3) is 11.4 Å². The maximum absolute atomic E-state index is 5.45. The Morgan fingerprint density at radius 3 is 2.59 bits per heavy atom. The van der Waals surface area contributed by atoms with Crippen LogP contribution in [0.2, 0.25) is 0 Å². The molecule has 0 bridgehead atoms. The van der Waals surface area contributed by atoms with Gasteiger partial charge in [-0.25, -0.2) is 15.8 Å². The van der Waals surface area contributed by atoms with E-state index in [1.807, 2.05) is 26.8 Å². The molecular weight excluding hydrogens is 214 g/mol. The minimum Gasteiger partial charge on any atom is -0.308 e. The van der Waals surface area contributed by atoms with Crippen LogP contribution < -0.4 is 11.3 Å². The molecule has 88 valence electrons. The van der Waals surface area contributed by atoms with Crippen LogP contribution in [0.1, 0.15) is 16.8 Å². The molecule has 5 heteroatoms. The summed E-state index contributed by atoms with van der Waals surface area (Å²) in [5.74, 6) is 6.78. The summed E-state index contributed by atoms with van der Waals surface area (Å²) in [6.45, 7) is 5.86. The zero-order chi connectivity index (χ0) is 12.4. The summed E-state index contributed by atoms with van der Waals surface area (Å²) in [7, 11) is 0. The molecule has 0 saturated carbocycles. The van der Waals surface area contributed by atoms with Gasteiger partial charge in [0.05, 0.1) is 0 Å². The first kappa shape index (κ1) is 11.5. The minimum atomic E-state index is 0.656. The van der Waals surface area contributed by atoms with Crippen LogP contribution >= 0.6 is 0 Å². The Morgan fingerprint density at radius 1 is 1.18 bits per heavy atom. The van der Waals surface area contributed by atoms with E-state index in [1.165, 1.54) is 0 Å². The molecule has 0 amide bonds. The molecule has 0 fully saturated rings. The Morgan fingerprint density at radius 2 is 1.94 bits per heavy atom. The highest BCUT2D eigenvalue weighted by Crippen LogP contribution is 2.22. The molecule has 0 aliphatic heterocycles. The third-order valence-electron chi connectivity index (χ3n) is 2.79. The van der Waals surface area contributed by atoms with Crippen LogP contribution in [0.4, 0.5) is 5.82 Å². The second-order valence-corrected chi connectivity index (χ2v) is 3.94. The molecule has 0 aromatic carbocycles. The molecule has 2 aromatic heterocycles. The first-order chi connectivity index (χ1) is 8.13. The molecule has 0 aliphatic carbocycles. The van der Waals surface area contributed by atoms with E-state index in [4.69, 9.17) is 5.84 Å². The average Bonchev–Trinajstić information content (AvgIpc) is 2.33. The number of rotatable bonds is 2. The SMILES string of the molecule is Cc1cnccc1-c1nc(C)c(C)c(NN)n1. The number of aromatic nitrogens is 3. The summed E-state index contributed by atoms with van der Waals surface area (Å²) in [4.78, 5) is 12.9. The average molecular weight is 229 g/mol. The Bertz CT molecular complexity index is 551. The number of hydrogen-bond acceptors (Lipinski definition) is 5. The van der Waals surface area contributed by atoms with Gasteiger partial charge in [-0.15, -0.1) is 0 Å². The number of nitrogens with zero attached hydrogens (tertiary/aromatic N) is 3. The van der Waals surface area contributed by atoms with Gasteiger partial charge < -0.3 is 5.43 Å². The minimum absolute atomic E-state index is 0.656. The fourth-order valence-electron chi connectivity index (χ4n) is 1.61. The number of aryl methyl sites for hydroxylation is 2. The zero-order valence-electron chi connectivity index (χ0n) is 10.2. The van der Waals surface area contributed by atoms with Gasteiger partial charge >= 0.3 is 0 Å². The quantitative estimate of drug-likeness (QED) is 0.606. The lowest BCUT2D eigenvalue weighted by atomic mass is 10.1. The predicted molar refractivity (Wildman–Crippen MR) is 67.3 cm³/mol. The van der Waals surface area contributed by atoms with E-state index in [-0.39, 0.29) is 0 Å². The van der Waals surface area contributed by atoms with E-state index in [2.05, 4.69) is 20.4 Å². The summed E-state index contributed by atoms with van der Waals surface area (Å²) < 4.78 is 0. The Balaban J connectivity index is 2.61. The molecular formula is C12H15N5. The molecule has 0 saturated heterocycles. The fraction of sp³-hybridized carbons (Fsp3) is 0.250. The van der Waals surface area contributed by atoms with Gasteiger partial charge in [0.25, 0.3) is 0 Å². The number of nitrogens with two attached hydrogens (primary N) is 1. The van der Waals surface area contributed by atoms with E-state index in [0.29, 0.717) is 11.6 Å². The second kappa shape index (κ2) is 4.47. The van der Waals surface area contributed by atoms with Gasteiger partial charge in [0, 0.05) is 29.2 Å². The third-order valence-corrected chi connectivity index (χ3v) is 2.79. The summed E-state index contributed by atoms with van der Waals surface area (Å²) in [5, 5.41) is 0. The maximum atomic E-state index is 5.45. The van der Waals surface area contributed by atoms with E-state index in [9.17, 15) is 0 Å². The van der Waals surface area contributed by atoms with Crippen molar-refractivity contribution in [1.82, 2.24) is 15.0 Å². The molecule has 0 spiro atoms. The maximum Gasteiger partial charge on any atom is 0.162 e. The van der Waals surface area contributed by atoms with Gasteiger partial charge in [-0.3, -0.25) is 4.98 Å². The van der Waals surface area contributed by atoms with Crippen LogP contribution in [-0.2, 0) is 0 Å². The molecule has 0 atom stereocenters. The molecule has 3 N–H and O–H groups in total. The van der Waals surface area contributed by atoms with E-state index in [0.717, 1.165) is 22.4 Å². The monoisotopic (exact) mass is 229 g/mol. The third kappa shape index (κ3) is 2.09. The Hall–Kier alpha value is -2.01. The van der Waals surface area contributed by atoms with Gasteiger partial charge in [0.2, 0.25) is 0 Å². The molecule has 2 heterocycles. The van der Waals surface area contributed by atoms with Crippen LogP contribution in [0.5, 0.6) is 0 Å². The standard InChI is InChI=1S/C12H15N5/c1-7-6-14-5-4-10(7)12-15-9(3)8(2)11(16-12)17-13/h4-6H,13H2,1-3H3,(H,15,16,17). The van der Waals surface area contributed by atoms with Crippen molar-refractivity contribution in [3.63, 3.8) is 0 Å². The molecule has 2 rings (SSSR count).